The van der Waals surface area contributed by atoms with Crippen molar-refractivity contribution in [3.05, 3.63) is 45.7 Å². The van der Waals surface area contributed by atoms with Gasteiger partial charge in [0.1, 0.15) is 0 Å². The van der Waals surface area contributed by atoms with Gasteiger partial charge in [0.25, 0.3) is 5.91 Å². The molecule has 0 saturated heterocycles. The molecule has 1 amide bonds. The molecule has 0 aliphatic carbocycles. The number of methoxy groups -OCH3 is 1. The Bertz CT molecular complexity index is 598. The molecule has 0 atom stereocenters. The fraction of sp³-hybridized carbons (Fsp3) is 0.312. The normalized spacial score (nSPS) is 10.6. The summed E-state index contributed by atoms with van der Waals surface area (Å²) < 4.78 is 5.99. The molecule has 0 saturated carbocycles. The number of nitrogens with one attached hydrogen (secondary N) is 2. The van der Waals surface area contributed by atoms with E-state index in [4.69, 9.17) is 4.74 Å². The average Bonchev–Trinajstić information content (AvgIpc) is 3.01. The number of ether oxygens (including phenoxy) is 1. The van der Waals surface area contributed by atoms with Crippen molar-refractivity contribution in [3.8, 4) is 10.4 Å². The van der Waals surface area contributed by atoms with Gasteiger partial charge in [-0.25, -0.2) is 0 Å². The number of carbonyl (C=O) groups excluding carboxylic acids is 1. The predicted octanol–water partition coefficient (Wildman–Crippen LogP) is 3.14. The number of thiophene rings is 1. The first kappa shape index (κ1) is 17.1. The van der Waals surface area contributed by atoms with Gasteiger partial charge in [-0.1, -0.05) is 28.1 Å². The van der Waals surface area contributed by atoms with E-state index in [1.807, 2.05) is 36.4 Å². The Labute approximate surface area is 143 Å². The second kappa shape index (κ2) is 9.05. The quantitative estimate of drug-likeness (QED) is 0.689. The SMILES string of the molecule is COCCNCCNC(=O)c1ccc(-c2ccc(Br)cc2)s1. The number of rotatable bonds is 8. The lowest BCUT2D eigenvalue weighted by Crippen LogP contribution is -2.32. The van der Waals surface area contributed by atoms with Crippen molar-refractivity contribution in [1.82, 2.24) is 10.6 Å². The lowest BCUT2D eigenvalue weighted by atomic mass is 10.2. The van der Waals surface area contributed by atoms with Crippen molar-refractivity contribution in [1.29, 1.82) is 0 Å². The smallest absolute Gasteiger partial charge is 0.261 e. The molecule has 0 spiro atoms. The Hall–Kier alpha value is -1.21. The summed E-state index contributed by atoms with van der Waals surface area (Å²) in [5, 5.41) is 6.10. The maximum absolute atomic E-state index is 12.1. The molecule has 0 bridgehead atoms. The van der Waals surface area contributed by atoms with Crippen molar-refractivity contribution in [3.63, 3.8) is 0 Å². The van der Waals surface area contributed by atoms with E-state index in [2.05, 4.69) is 26.6 Å². The Morgan fingerprint density at radius 3 is 2.64 bits per heavy atom. The van der Waals surface area contributed by atoms with Gasteiger partial charge in [-0.2, -0.15) is 0 Å². The molecule has 2 rings (SSSR count). The van der Waals surface area contributed by atoms with Gasteiger partial charge in [0.2, 0.25) is 0 Å². The summed E-state index contributed by atoms with van der Waals surface area (Å²) in [6, 6.07) is 11.9. The van der Waals surface area contributed by atoms with E-state index in [0.29, 0.717) is 13.2 Å². The van der Waals surface area contributed by atoms with Crippen molar-refractivity contribution in [2.45, 2.75) is 0 Å². The first-order valence-corrected chi connectivity index (χ1v) is 8.65. The van der Waals surface area contributed by atoms with Crippen LogP contribution in [0.3, 0.4) is 0 Å². The number of halogens is 1. The third kappa shape index (κ3) is 5.21. The van der Waals surface area contributed by atoms with Crippen LogP contribution in [0.25, 0.3) is 10.4 Å². The summed E-state index contributed by atoms with van der Waals surface area (Å²) in [5.74, 6) is -0.0260. The third-order valence-electron chi connectivity index (χ3n) is 3.03. The van der Waals surface area contributed by atoms with Crippen LogP contribution >= 0.6 is 27.3 Å². The molecule has 0 fully saturated rings. The van der Waals surface area contributed by atoms with Crippen LogP contribution in [0.5, 0.6) is 0 Å². The largest absolute Gasteiger partial charge is 0.383 e. The molecule has 118 valence electrons. The monoisotopic (exact) mass is 382 g/mol. The molecule has 1 heterocycles. The molecule has 6 heteroatoms. The topological polar surface area (TPSA) is 50.4 Å². The highest BCUT2D eigenvalue weighted by molar-refractivity contribution is 9.10. The minimum Gasteiger partial charge on any atom is -0.383 e. The Kier molecular flexibility index (Phi) is 7.05. The van der Waals surface area contributed by atoms with Gasteiger partial charge in [0.05, 0.1) is 11.5 Å². The second-order valence-corrected chi connectivity index (χ2v) is 6.67. The van der Waals surface area contributed by atoms with Crippen molar-refractivity contribution < 1.29 is 9.53 Å². The summed E-state index contributed by atoms with van der Waals surface area (Å²) in [4.78, 5) is 13.9. The number of hydrogen-bond donors (Lipinski definition) is 2. The minimum atomic E-state index is -0.0260. The molecule has 2 aromatic rings. The standard InChI is InChI=1S/C16H19BrN2O2S/c1-21-11-10-18-8-9-19-16(20)15-7-6-14(22-15)12-2-4-13(17)5-3-12/h2-7,18H,8-11H2,1H3,(H,19,20). The predicted molar refractivity (Wildman–Crippen MR) is 94.5 cm³/mol. The lowest BCUT2D eigenvalue weighted by Gasteiger charge is -2.05. The van der Waals surface area contributed by atoms with Gasteiger partial charge in [-0.15, -0.1) is 11.3 Å². The van der Waals surface area contributed by atoms with Crippen LogP contribution in [-0.2, 0) is 4.74 Å². The highest BCUT2D eigenvalue weighted by Gasteiger charge is 2.09. The van der Waals surface area contributed by atoms with Crippen LogP contribution in [-0.4, -0.2) is 39.3 Å². The Balaban J connectivity index is 1.83. The Morgan fingerprint density at radius 2 is 1.91 bits per heavy atom. The number of benzene rings is 1. The van der Waals surface area contributed by atoms with Crippen LogP contribution in [0.1, 0.15) is 9.67 Å². The van der Waals surface area contributed by atoms with Gasteiger partial charge in [0, 0.05) is 36.1 Å². The Morgan fingerprint density at radius 1 is 1.14 bits per heavy atom. The van der Waals surface area contributed by atoms with Gasteiger partial charge >= 0.3 is 0 Å². The van der Waals surface area contributed by atoms with Crippen LogP contribution in [0, 0.1) is 0 Å². The van der Waals surface area contributed by atoms with Crippen LogP contribution < -0.4 is 10.6 Å². The van der Waals surface area contributed by atoms with Crippen LogP contribution in [0.4, 0.5) is 0 Å². The van der Waals surface area contributed by atoms with Crippen molar-refractivity contribution in [2.75, 3.05) is 33.4 Å². The van der Waals surface area contributed by atoms with Gasteiger partial charge < -0.3 is 15.4 Å². The lowest BCUT2D eigenvalue weighted by molar-refractivity contribution is 0.0957. The molecular weight excluding hydrogens is 364 g/mol. The van der Waals surface area contributed by atoms with E-state index in [9.17, 15) is 4.79 Å². The zero-order valence-corrected chi connectivity index (χ0v) is 14.8. The first-order valence-electron chi connectivity index (χ1n) is 7.04. The minimum absolute atomic E-state index is 0.0260. The molecule has 22 heavy (non-hydrogen) atoms. The van der Waals surface area contributed by atoms with Crippen LogP contribution in [0.2, 0.25) is 0 Å². The average molecular weight is 383 g/mol. The fourth-order valence-corrected chi connectivity index (χ4v) is 3.07. The van der Waals surface area contributed by atoms with E-state index in [1.54, 1.807) is 7.11 Å². The maximum atomic E-state index is 12.1. The van der Waals surface area contributed by atoms with Crippen LogP contribution in [0.15, 0.2) is 40.9 Å². The van der Waals surface area contributed by atoms with E-state index in [1.165, 1.54) is 11.3 Å². The second-order valence-electron chi connectivity index (χ2n) is 4.67. The fourth-order valence-electron chi connectivity index (χ4n) is 1.88. The first-order chi connectivity index (χ1) is 10.7. The van der Waals surface area contributed by atoms with Gasteiger partial charge in [-0.3, -0.25) is 4.79 Å². The molecule has 0 radical (unpaired) electrons. The molecule has 0 unspecified atom stereocenters. The van der Waals surface area contributed by atoms with Gasteiger partial charge in [-0.05, 0) is 29.8 Å². The summed E-state index contributed by atoms with van der Waals surface area (Å²) in [5.41, 5.74) is 1.12. The zero-order valence-electron chi connectivity index (χ0n) is 12.4. The molecule has 0 aliphatic rings. The van der Waals surface area contributed by atoms with Gasteiger partial charge in [0.15, 0.2) is 0 Å². The molecule has 2 N–H and O–H groups in total. The molecular formula is C16H19BrN2O2S. The van der Waals surface area contributed by atoms with Crippen molar-refractivity contribution >= 4 is 33.2 Å². The highest BCUT2D eigenvalue weighted by atomic mass is 79.9. The third-order valence-corrected chi connectivity index (χ3v) is 4.69. The summed E-state index contributed by atoms with van der Waals surface area (Å²) in [6.45, 7) is 2.81. The summed E-state index contributed by atoms with van der Waals surface area (Å²) in [6.07, 6.45) is 0. The number of amides is 1. The summed E-state index contributed by atoms with van der Waals surface area (Å²) in [7, 11) is 1.67. The van der Waals surface area contributed by atoms with E-state index >= 15 is 0 Å². The number of carbonyl (C=O) groups is 1. The van der Waals surface area contributed by atoms with Crippen molar-refractivity contribution in [2.24, 2.45) is 0 Å². The zero-order chi connectivity index (χ0) is 15.8. The summed E-state index contributed by atoms with van der Waals surface area (Å²) >= 11 is 4.93. The highest BCUT2D eigenvalue weighted by Crippen LogP contribution is 2.28. The van der Waals surface area contributed by atoms with E-state index in [0.717, 1.165) is 32.9 Å². The molecule has 1 aromatic heterocycles. The maximum Gasteiger partial charge on any atom is 0.261 e. The molecule has 0 aliphatic heterocycles. The van der Waals surface area contributed by atoms with E-state index in [-0.39, 0.29) is 5.91 Å². The van der Waals surface area contributed by atoms with E-state index < -0.39 is 0 Å². The molecule has 1 aromatic carbocycles. The molecule has 4 nitrogen and oxygen atoms in total. The number of hydrogen-bond acceptors (Lipinski definition) is 4.